The van der Waals surface area contributed by atoms with Gasteiger partial charge in [-0.1, -0.05) is 24.3 Å². The first kappa shape index (κ1) is 23.5. The molecule has 3 rings (SSSR count). The molecule has 32 heavy (non-hydrogen) atoms. The molecular weight excluding hydrogens is 450 g/mol. The highest BCUT2D eigenvalue weighted by Crippen LogP contribution is 2.35. The van der Waals surface area contributed by atoms with Crippen molar-refractivity contribution in [1.29, 1.82) is 0 Å². The van der Waals surface area contributed by atoms with E-state index in [9.17, 15) is 21.6 Å². The fraction of sp³-hybridized carbons (Fsp3) is 0.136. The molecule has 0 aliphatic carbocycles. The van der Waals surface area contributed by atoms with Crippen LogP contribution >= 0.6 is 0 Å². The summed E-state index contributed by atoms with van der Waals surface area (Å²) in [6.07, 6.45) is 1.12. The molecule has 3 aromatic carbocycles. The van der Waals surface area contributed by atoms with E-state index in [1.165, 1.54) is 38.4 Å². The maximum atomic E-state index is 12.3. The zero-order chi connectivity index (χ0) is 23.8. The molecule has 0 saturated carbocycles. The predicted octanol–water partition coefficient (Wildman–Crippen LogP) is 2.36. The molecule has 0 unspecified atom stereocenters. The monoisotopic (exact) mass is 473 g/mol. The Morgan fingerprint density at radius 2 is 1.28 bits per heavy atom. The van der Waals surface area contributed by atoms with E-state index in [2.05, 4.69) is 0 Å². The summed E-state index contributed by atoms with van der Waals surface area (Å²) in [7, 11) is -4.06. The van der Waals surface area contributed by atoms with Crippen molar-refractivity contribution in [1.82, 2.24) is 4.31 Å². The lowest BCUT2D eigenvalue weighted by molar-refractivity contribution is 0.100. The molecule has 0 bridgehead atoms. The predicted molar refractivity (Wildman–Crippen MR) is 124 cm³/mol. The smallest absolute Gasteiger partial charge is 0.250 e. The van der Waals surface area contributed by atoms with Crippen LogP contribution in [0.5, 0.6) is 0 Å². The average molecular weight is 474 g/mol. The minimum absolute atomic E-state index is 0.106. The van der Waals surface area contributed by atoms with Gasteiger partial charge in [0.05, 0.1) is 21.0 Å². The third kappa shape index (κ3) is 4.52. The number of rotatable bonds is 6. The van der Waals surface area contributed by atoms with Crippen molar-refractivity contribution in [3.8, 4) is 22.3 Å². The van der Waals surface area contributed by atoms with Crippen LogP contribution in [0.3, 0.4) is 0 Å². The van der Waals surface area contributed by atoms with Gasteiger partial charge in [0.2, 0.25) is 10.0 Å². The number of carbonyl (C=O) groups is 1. The van der Waals surface area contributed by atoms with Gasteiger partial charge in [0.15, 0.2) is 9.84 Å². The molecule has 0 aromatic heterocycles. The van der Waals surface area contributed by atoms with E-state index in [-0.39, 0.29) is 21.0 Å². The Balaban J connectivity index is 2.15. The summed E-state index contributed by atoms with van der Waals surface area (Å²) in [5.41, 5.74) is 14.4. The molecule has 0 saturated heterocycles. The van der Waals surface area contributed by atoms with Gasteiger partial charge in [-0.15, -0.1) is 0 Å². The van der Waals surface area contributed by atoms with Crippen LogP contribution in [0.4, 0.5) is 5.69 Å². The number of nitrogens with two attached hydrogens (primary N) is 2. The maximum absolute atomic E-state index is 12.3. The molecule has 10 heteroatoms. The molecule has 3 aromatic rings. The second kappa shape index (κ2) is 8.38. The van der Waals surface area contributed by atoms with E-state index >= 15 is 0 Å². The van der Waals surface area contributed by atoms with Gasteiger partial charge in [-0.05, 0) is 53.1 Å². The number of sulfone groups is 1. The highest BCUT2D eigenvalue weighted by Gasteiger charge is 2.19. The average Bonchev–Trinajstić information content (AvgIpc) is 2.73. The number of sulfonamides is 1. The van der Waals surface area contributed by atoms with Gasteiger partial charge in [0.25, 0.3) is 5.91 Å². The lowest BCUT2D eigenvalue weighted by Gasteiger charge is -2.15. The van der Waals surface area contributed by atoms with E-state index in [0.717, 1.165) is 10.6 Å². The minimum atomic E-state index is -3.60. The van der Waals surface area contributed by atoms with Crippen molar-refractivity contribution in [3.63, 3.8) is 0 Å². The number of benzene rings is 3. The van der Waals surface area contributed by atoms with E-state index in [1.54, 1.807) is 36.4 Å². The van der Waals surface area contributed by atoms with Crippen molar-refractivity contribution in [2.45, 2.75) is 9.79 Å². The molecule has 0 aliphatic rings. The van der Waals surface area contributed by atoms with Crippen LogP contribution in [0.15, 0.2) is 70.5 Å². The summed E-state index contributed by atoms with van der Waals surface area (Å²) in [6.45, 7) is 0. The Hall–Kier alpha value is -3.21. The lowest BCUT2D eigenvalue weighted by Crippen LogP contribution is -2.22. The van der Waals surface area contributed by atoms with Crippen LogP contribution in [0.2, 0.25) is 0 Å². The second-order valence-corrected chi connectivity index (χ2v) is 11.6. The molecule has 1 amide bonds. The van der Waals surface area contributed by atoms with Crippen molar-refractivity contribution < 1.29 is 21.6 Å². The molecule has 4 N–H and O–H groups in total. The number of primary amides is 1. The molecule has 0 radical (unpaired) electrons. The Kier molecular flexibility index (Phi) is 6.14. The van der Waals surface area contributed by atoms with E-state index in [0.29, 0.717) is 22.3 Å². The van der Waals surface area contributed by atoms with E-state index in [4.69, 9.17) is 11.5 Å². The van der Waals surface area contributed by atoms with Crippen molar-refractivity contribution in [3.05, 3.63) is 66.2 Å². The number of anilines is 1. The highest BCUT2D eigenvalue weighted by atomic mass is 32.2. The Labute approximate surface area is 187 Å². The number of amides is 1. The number of hydrogen-bond acceptors (Lipinski definition) is 6. The quantitative estimate of drug-likeness (QED) is 0.527. The highest BCUT2D eigenvalue weighted by molar-refractivity contribution is 7.90. The molecule has 0 spiro atoms. The zero-order valence-electron chi connectivity index (χ0n) is 17.7. The largest absolute Gasteiger partial charge is 0.398 e. The van der Waals surface area contributed by atoms with Crippen molar-refractivity contribution >= 4 is 31.5 Å². The van der Waals surface area contributed by atoms with Crippen LogP contribution < -0.4 is 11.5 Å². The van der Waals surface area contributed by atoms with Gasteiger partial charge in [0, 0.05) is 25.9 Å². The first-order valence-corrected chi connectivity index (χ1v) is 12.7. The van der Waals surface area contributed by atoms with Crippen LogP contribution in [0, 0.1) is 0 Å². The molecule has 168 valence electrons. The molecule has 0 heterocycles. The van der Waals surface area contributed by atoms with Crippen LogP contribution in [0.25, 0.3) is 22.3 Å². The zero-order valence-corrected chi connectivity index (χ0v) is 19.4. The third-order valence-electron chi connectivity index (χ3n) is 5.01. The van der Waals surface area contributed by atoms with E-state index < -0.39 is 25.8 Å². The van der Waals surface area contributed by atoms with Crippen molar-refractivity contribution in [2.24, 2.45) is 5.73 Å². The van der Waals surface area contributed by atoms with Gasteiger partial charge in [-0.3, -0.25) is 4.79 Å². The van der Waals surface area contributed by atoms with E-state index in [1.807, 2.05) is 0 Å². The van der Waals surface area contributed by atoms with Gasteiger partial charge in [0.1, 0.15) is 0 Å². The normalized spacial score (nSPS) is 12.1. The Morgan fingerprint density at radius 3 is 1.75 bits per heavy atom. The van der Waals surface area contributed by atoms with Crippen LogP contribution in [-0.4, -0.2) is 47.4 Å². The van der Waals surface area contributed by atoms with Crippen LogP contribution in [0.1, 0.15) is 10.4 Å². The van der Waals surface area contributed by atoms with Gasteiger partial charge in [-0.2, -0.15) is 0 Å². The summed E-state index contributed by atoms with van der Waals surface area (Å²) in [5.74, 6) is -0.717. The lowest BCUT2D eigenvalue weighted by atomic mass is 9.94. The number of hydrogen-bond donors (Lipinski definition) is 2. The molecule has 0 aliphatic heterocycles. The summed E-state index contributed by atoms with van der Waals surface area (Å²) in [6, 6.07) is 15.6. The standard InChI is InChI=1S/C22H23N3O5S2/c1-25(2)32(29,30)18-10-6-15(7-11-18)19-12-16(13-20(21(19)23)22(24)26)14-4-8-17(9-5-14)31(3,27)28/h4-13H,23H2,1-3H3,(H2,24,26). The van der Waals surface area contributed by atoms with Gasteiger partial charge >= 0.3 is 0 Å². The summed E-state index contributed by atoms with van der Waals surface area (Å²) < 4.78 is 49.2. The summed E-state index contributed by atoms with van der Waals surface area (Å²) in [5, 5.41) is 0. The molecule has 8 nitrogen and oxygen atoms in total. The van der Waals surface area contributed by atoms with Gasteiger partial charge < -0.3 is 11.5 Å². The maximum Gasteiger partial charge on any atom is 0.250 e. The first-order valence-electron chi connectivity index (χ1n) is 9.39. The topological polar surface area (TPSA) is 141 Å². The third-order valence-corrected chi connectivity index (χ3v) is 7.96. The summed E-state index contributed by atoms with van der Waals surface area (Å²) >= 11 is 0. The first-order chi connectivity index (χ1) is 14.8. The van der Waals surface area contributed by atoms with Crippen molar-refractivity contribution in [2.75, 3.05) is 26.1 Å². The Morgan fingerprint density at radius 1 is 0.781 bits per heavy atom. The molecular formula is C22H23N3O5S2. The number of carbonyl (C=O) groups excluding carboxylic acids is 1. The summed E-state index contributed by atoms with van der Waals surface area (Å²) in [4.78, 5) is 12.3. The molecule has 0 atom stereocenters. The fourth-order valence-corrected chi connectivity index (χ4v) is 4.71. The fourth-order valence-electron chi connectivity index (χ4n) is 3.17. The van der Waals surface area contributed by atoms with Crippen LogP contribution in [-0.2, 0) is 19.9 Å². The number of nitrogen functional groups attached to an aromatic ring is 1. The number of nitrogens with zero attached hydrogens (tertiary/aromatic N) is 1. The minimum Gasteiger partial charge on any atom is -0.398 e. The SMILES string of the molecule is CN(C)S(=O)(=O)c1ccc(-c2cc(-c3ccc(S(C)(=O)=O)cc3)cc(C(N)=O)c2N)cc1. The Bertz CT molecular complexity index is 1400. The second-order valence-electron chi connectivity index (χ2n) is 7.46. The molecule has 0 fully saturated rings. The van der Waals surface area contributed by atoms with Gasteiger partial charge in [-0.25, -0.2) is 21.1 Å².